The maximum Gasteiger partial charge on any atom is 0.416 e. The van der Waals surface area contributed by atoms with Crippen molar-refractivity contribution in [2.24, 2.45) is 0 Å². The zero-order chi connectivity index (χ0) is 31.6. The van der Waals surface area contributed by atoms with Crippen molar-refractivity contribution in [1.82, 2.24) is 5.32 Å². The molecule has 14 heteroatoms. The molecule has 222 valence electrons. The Bertz CT molecular complexity index is 1720. The van der Waals surface area contributed by atoms with Gasteiger partial charge in [0.05, 0.1) is 23.3 Å². The number of nitrogens with one attached hydrogen (secondary N) is 1. The summed E-state index contributed by atoms with van der Waals surface area (Å²) in [6, 6.07) is 8.24. The van der Waals surface area contributed by atoms with Gasteiger partial charge in [-0.3, -0.25) is 25.0 Å². The van der Waals surface area contributed by atoms with Crippen molar-refractivity contribution in [2.45, 2.75) is 19.5 Å². The number of nitrogens with zero attached hydrogens (tertiary/aromatic N) is 2. The lowest BCUT2D eigenvalue weighted by atomic mass is 10.0. The normalized spacial score (nSPS) is 14.5. The van der Waals surface area contributed by atoms with Gasteiger partial charge in [0.2, 0.25) is 5.75 Å². The second-order valence-electron chi connectivity index (χ2n) is 9.13. The highest BCUT2D eigenvalue weighted by Crippen LogP contribution is 2.42. The van der Waals surface area contributed by atoms with Crippen molar-refractivity contribution in [3.63, 3.8) is 0 Å². The molecule has 1 heterocycles. The van der Waals surface area contributed by atoms with Crippen molar-refractivity contribution >= 4 is 46.9 Å². The van der Waals surface area contributed by atoms with E-state index in [1.807, 2.05) is 0 Å². The average molecular weight is 616 g/mol. The van der Waals surface area contributed by atoms with Crippen LogP contribution in [0.1, 0.15) is 22.3 Å². The van der Waals surface area contributed by atoms with Crippen LogP contribution in [0.4, 0.5) is 29.3 Å². The molecule has 10 nitrogen and oxygen atoms in total. The van der Waals surface area contributed by atoms with E-state index in [4.69, 9.17) is 21.1 Å². The summed E-state index contributed by atoms with van der Waals surface area (Å²) in [6.45, 7) is 5.31. The Morgan fingerprint density at radius 3 is 2.44 bits per heavy atom. The number of hydrogen-bond acceptors (Lipinski definition) is 7. The minimum absolute atomic E-state index is 0.0253. The lowest BCUT2D eigenvalue weighted by Crippen LogP contribution is -2.54. The number of anilines is 1. The van der Waals surface area contributed by atoms with Crippen LogP contribution < -0.4 is 19.7 Å². The highest BCUT2D eigenvalue weighted by atomic mass is 35.5. The summed E-state index contributed by atoms with van der Waals surface area (Å²) >= 11 is 6.06. The quantitative estimate of drug-likeness (QED) is 0.0973. The minimum atomic E-state index is -4.82. The number of urea groups is 1. The second kappa shape index (κ2) is 12.0. The first kappa shape index (κ1) is 30.8. The number of benzene rings is 3. The van der Waals surface area contributed by atoms with E-state index in [2.05, 4.69) is 11.9 Å². The summed E-state index contributed by atoms with van der Waals surface area (Å²) in [5.74, 6) is -2.47. The fraction of sp³-hybridized carbons (Fsp3) is 0.138. The Kier molecular flexibility index (Phi) is 8.57. The van der Waals surface area contributed by atoms with Gasteiger partial charge in [-0.2, -0.15) is 13.2 Å². The molecule has 0 bridgehead atoms. The van der Waals surface area contributed by atoms with Crippen molar-refractivity contribution < 1.29 is 42.0 Å². The number of carbonyl (C=O) groups excluding carboxylic acids is 3. The summed E-state index contributed by atoms with van der Waals surface area (Å²) in [6.07, 6.45) is -2.07. The van der Waals surface area contributed by atoms with E-state index >= 15 is 0 Å². The van der Waals surface area contributed by atoms with Crippen LogP contribution in [0, 0.1) is 17.0 Å². The third-order valence-corrected chi connectivity index (χ3v) is 6.49. The number of imide groups is 2. The summed E-state index contributed by atoms with van der Waals surface area (Å²) < 4.78 is 50.6. The van der Waals surface area contributed by atoms with E-state index < -0.39 is 51.5 Å². The standard InChI is InChI=1S/C29H21ClF3N3O7/c1-4-5-17-10-16(11-20-26(37)34-28(39)35(27(20)38)21-14-19(30)8-6-15(21)2)12-24(42-3)25(17)43-23-9-7-18(29(31,32)33)13-22(23)36(40)41/h4,6-14H,1,5H2,2-3H3,(H,34,37,39)/b20-11+. The number of aryl methyl sites for hydroxylation is 1. The Labute approximate surface area is 247 Å². The molecule has 1 N–H and O–H groups in total. The minimum Gasteiger partial charge on any atom is -0.493 e. The van der Waals surface area contributed by atoms with Crippen LogP contribution in [-0.2, 0) is 22.2 Å². The molecule has 1 aliphatic heterocycles. The number of barbiturate groups is 1. The molecule has 3 aromatic carbocycles. The molecule has 4 amide bonds. The van der Waals surface area contributed by atoms with Crippen LogP contribution in [0.3, 0.4) is 0 Å². The first-order valence-corrected chi connectivity index (χ1v) is 12.7. The maximum atomic E-state index is 13.4. The molecule has 1 saturated heterocycles. The lowest BCUT2D eigenvalue weighted by Gasteiger charge is -2.27. The molecule has 3 aromatic rings. The predicted molar refractivity (Wildman–Crippen MR) is 150 cm³/mol. The number of ether oxygens (including phenoxy) is 2. The highest BCUT2D eigenvalue weighted by molar-refractivity contribution is 6.39. The molecule has 0 radical (unpaired) electrons. The molecule has 1 aliphatic rings. The third-order valence-electron chi connectivity index (χ3n) is 6.26. The van der Waals surface area contributed by atoms with Crippen LogP contribution in [0.25, 0.3) is 6.08 Å². The fourth-order valence-electron chi connectivity index (χ4n) is 4.24. The van der Waals surface area contributed by atoms with Crippen molar-refractivity contribution in [3.05, 3.63) is 104 Å². The van der Waals surface area contributed by atoms with Gasteiger partial charge >= 0.3 is 17.9 Å². The number of methoxy groups -OCH3 is 1. The number of hydrogen-bond donors (Lipinski definition) is 1. The summed E-state index contributed by atoms with van der Waals surface area (Å²) in [7, 11) is 1.25. The van der Waals surface area contributed by atoms with Crippen LogP contribution in [0.2, 0.25) is 5.02 Å². The van der Waals surface area contributed by atoms with E-state index in [0.29, 0.717) is 23.3 Å². The van der Waals surface area contributed by atoms with E-state index in [-0.39, 0.29) is 34.2 Å². The molecule has 0 atom stereocenters. The summed E-state index contributed by atoms with van der Waals surface area (Å²) in [5, 5.41) is 14.0. The maximum absolute atomic E-state index is 13.4. The first-order valence-electron chi connectivity index (χ1n) is 12.3. The fourth-order valence-corrected chi connectivity index (χ4v) is 4.41. The number of halogens is 4. The monoisotopic (exact) mass is 615 g/mol. The molecule has 0 aromatic heterocycles. The van der Waals surface area contributed by atoms with Gasteiger partial charge in [0, 0.05) is 16.7 Å². The molecule has 43 heavy (non-hydrogen) atoms. The number of allylic oxidation sites excluding steroid dienone is 1. The van der Waals surface area contributed by atoms with E-state index in [0.717, 1.165) is 11.0 Å². The van der Waals surface area contributed by atoms with Crippen LogP contribution in [-0.4, -0.2) is 29.9 Å². The zero-order valence-electron chi connectivity index (χ0n) is 22.5. The Hall–Kier alpha value is -5.17. The van der Waals surface area contributed by atoms with Gasteiger partial charge in [0.15, 0.2) is 11.5 Å². The molecule has 0 unspecified atom stereocenters. The van der Waals surface area contributed by atoms with Gasteiger partial charge in [0.1, 0.15) is 5.57 Å². The molecular weight excluding hydrogens is 595 g/mol. The first-order chi connectivity index (χ1) is 20.2. The molecule has 1 fully saturated rings. The Morgan fingerprint density at radius 1 is 1.09 bits per heavy atom. The van der Waals surface area contributed by atoms with E-state index in [1.165, 1.54) is 37.5 Å². The van der Waals surface area contributed by atoms with Crippen molar-refractivity contribution in [3.8, 4) is 17.2 Å². The molecule has 0 saturated carbocycles. The van der Waals surface area contributed by atoms with Gasteiger partial charge in [-0.25, -0.2) is 9.69 Å². The van der Waals surface area contributed by atoms with Gasteiger partial charge in [0.25, 0.3) is 11.8 Å². The number of nitro benzene ring substituents is 1. The molecule has 4 rings (SSSR count). The van der Waals surface area contributed by atoms with Gasteiger partial charge in [-0.05, 0) is 66.9 Å². The van der Waals surface area contributed by atoms with E-state index in [1.54, 1.807) is 19.1 Å². The molecule has 0 aliphatic carbocycles. The average Bonchev–Trinajstić information content (AvgIpc) is 2.93. The van der Waals surface area contributed by atoms with Crippen LogP contribution in [0.15, 0.2) is 66.8 Å². The predicted octanol–water partition coefficient (Wildman–Crippen LogP) is 6.77. The SMILES string of the molecule is C=CCc1cc(/C=C2\C(=O)NC(=O)N(c3cc(Cl)ccc3C)C2=O)cc(OC)c1Oc1ccc(C(F)(F)F)cc1[N+](=O)[O-]. The topological polar surface area (TPSA) is 128 Å². The number of rotatable bonds is 8. The Morgan fingerprint density at radius 2 is 1.81 bits per heavy atom. The third kappa shape index (κ3) is 6.36. The largest absolute Gasteiger partial charge is 0.493 e. The Balaban J connectivity index is 1.80. The van der Waals surface area contributed by atoms with Gasteiger partial charge in [-0.1, -0.05) is 23.7 Å². The van der Waals surface area contributed by atoms with E-state index in [9.17, 15) is 37.7 Å². The van der Waals surface area contributed by atoms with Gasteiger partial charge in [-0.15, -0.1) is 6.58 Å². The van der Waals surface area contributed by atoms with Crippen LogP contribution >= 0.6 is 11.6 Å². The van der Waals surface area contributed by atoms with Gasteiger partial charge < -0.3 is 9.47 Å². The summed E-state index contributed by atoms with van der Waals surface area (Å²) in [4.78, 5) is 50.1. The second-order valence-corrected chi connectivity index (χ2v) is 9.57. The lowest BCUT2D eigenvalue weighted by molar-refractivity contribution is -0.385. The number of alkyl halides is 3. The van der Waals surface area contributed by atoms with Crippen LogP contribution in [0.5, 0.6) is 17.2 Å². The summed E-state index contributed by atoms with van der Waals surface area (Å²) in [5.41, 5.74) is -1.33. The van der Waals surface area contributed by atoms with Crippen molar-refractivity contribution in [1.29, 1.82) is 0 Å². The molecular formula is C29H21ClF3N3O7. The van der Waals surface area contributed by atoms with Crippen molar-refractivity contribution in [2.75, 3.05) is 12.0 Å². The number of amides is 4. The molecule has 0 spiro atoms. The number of nitro groups is 1. The smallest absolute Gasteiger partial charge is 0.416 e. The highest BCUT2D eigenvalue weighted by Gasteiger charge is 2.38. The number of carbonyl (C=O) groups is 3. The zero-order valence-corrected chi connectivity index (χ0v) is 23.2.